The van der Waals surface area contributed by atoms with Gasteiger partial charge in [0.05, 0.1) is 6.61 Å². The highest BCUT2D eigenvalue weighted by Crippen LogP contribution is 2.34. The summed E-state index contributed by atoms with van der Waals surface area (Å²) in [6.45, 7) is 4.70. The van der Waals surface area contributed by atoms with Crippen molar-refractivity contribution >= 4 is 11.6 Å². The maximum absolute atomic E-state index is 8.81. The van der Waals surface area contributed by atoms with Crippen molar-refractivity contribution in [3.63, 3.8) is 0 Å². The van der Waals surface area contributed by atoms with Gasteiger partial charge in [0.2, 0.25) is 0 Å². The molecule has 0 aromatic heterocycles. The number of unbranched alkanes of at least 4 members (excludes halogenated alkanes) is 1. The van der Waals surface area contributed by atoms with Gasteiger partial charge in [-0.1, -0.05) is 41.9 Å². The zero-order valence-corrected chi connectivity index (χ0v) is 15.4. The summed E-state index contributed by atoms with van der Waals surface area (Å²) in [5.41, 5.74) is 2.07. The predicted octanol–water partition coefficient (Wildman–Crippen LogP) is 4.18. The molecule has 0 unspecified atom stereocenters. The standard InChI is InChI=1S/C20H26ClNO3/c1-2-24-19-12-17(14-22-10-6-7-11-23)18(21)13-20(19)25-15-16-8-4-3-5-9-16/h3-5,8-9,12-13,22-23H,2,6-7,10-11,14-15H2,1H3. The van der Waals surface area contributed by atoms with Crippen molar-refractivity contribution in [2.45, 2.75) is 32.9 Å². The first-order valence-electron chi connectivity index (χ1n) is 8.68. The van der Waals surface area contributed by atoms with Gasteiger partial charge in [-0.05, 0) is 43.5 Å². The SMILES string of the molecule is CCOc1cc(CNCCCCO)c(Cl)cc1OCc1ccccc1. The fourth-order valence-electron chi connectivity index (χ4n) is 2.41. The number of halogens is 1. The largest absolute Gasteiger partial charge is 0.490 e. The number of aliphatic hydroxyl groups is 1. The number of benzene rings is 2. The molecule has 0 atom stereocenters. The molecule has 0 heterocycles. The average Bonchev–Trinajstić information content (AvgIpc) is 2.63. The fourth-order valence-corrected chi connectivity index (χ4v) is 2.63. The minimum Gasteiger partial charge on any atom is -0.490 e. The van der Waals surface area contributed by atoms with E-state index in [2.05, 4.69) is 5.32 Å². The third-order valence-corrected chi connectivity index (χ3v) is 4.08. The molecule has 4 nitrogen and oxygen atoms in total. The van der Waals surface area contributed by atoms with Crippen molar-refractivity contribution in [2.75, 3.05) is 19.8 Å². The molecule has 5 heteroatoms. The Morgan fingerprint density at radius 3 is 2.52 bits per heavy atom. The van der Waals surface area contributed by atoms with E-state index >= 15 is 0 Å². The Morgan fingerprint density at radius 2 is 1.80 bits per heavy atom. The van der Waals surface area contributed by atoms with Crippen LogP contribution in [0.25, 0.3) is 0 Å². The van der Waals surface area contributed by atoms with Gasteiger partial charge in [-0.3, -0.25) is 0 Å². The van der Waals surface area contributed by atoms with Crippen LogP contribution >= 0.6 is 11.6 Å². The van der Waals surface area contributed by atoms with Gasteiger partial charge in [-0.15, -0.1) is 0 Å². The third-order valence-electron chi connectivity index (χ3n) is 3.73. The minimum absolute atomic E-state index is 0.227. The second-order valence-corrected chi connectivity index (χ2v) is 6.11. The molecule has 2 N–H and O–H groups in total. The Labute approximate surface area is 154 Å². The van der Waals surface area contributed by atoms with Crippen LogP contribution in [0.2, 0.25) is 5.02 Å². The summed E-state index contributed by atoms with van der Waals surface area (Å²) in [6.07, 6.45) is 1.74. The summed E-state index contributed by atoms with van der Waals surface area (Å²) in [6, 6.07) is 13.8. The summed E-state index contributed by atoms with van der Waals surface area (Å²) in [5, 5.41) is 12.8. The van der Waals surface area contributed by atoms with Gasteiger partial charge in [-0.2, -0.15) is 0 Å². The molecule has 0 saturated carbocycles. The van der Waals surface area contributed by atoms with E-state index in [1.54, 1.807) is 0 Å². The molecule has 0 saturated heterocycles. The van der Waals surface area contributed by atoms with Gasteiger partial charge in [0, 0.05) is 24.2 Å². The normalized spacial score (nSPS) is 10.7. The van der Waals surface area contributed by atoms with E-state index in [-0.39, 0.29) is 6.61 Å². The van der Waals surface area contributed by atoms with Crippen LogP contribution in [0.3, 0.4) is 0 Å². The van der Waals surface area contributed by atoms with E-state index in [1.165, 1.54) is 0 Å². The van der Waals surface area contributed by atoms with Crippen LogP contribution in [0.4, 0.5) is 0 Å². The highest BCUT2D eigenvalue weighted by molar-refractivity contribution is 6.31. The quantitative estimate of drug-likeness (QED) is 0.588. The highest BCUT2D eigenvalue weighted by Gasteiger charge is 2.11. The molecule has 0 aliphatic carbocycles. The van der Waals surface area contributed by atoms with E-state index in [0.29, 0.717) is 36.3 Å². The molecule has 2 rings (SSSR count). The number of hydrogen-bond acceptors (Lipinski definition) is 4. The molecular weight excluding hydrogens is 338 g/mol. The lowest BCUT2D eigenvalue weighted by Crippen LogP contribution is -2.15. The Morgan fingerprint density at radius 1 is 1.04 bits per heavy atom. The van der Waals surface area contributed by atoms with Gasteiger partial charge in [0.1, 0.15) is 6.61 Å². The minimum atomic E-state index is 0.227. The summed E-state index contributed by atoms with van der Waals surface area (Å²) in [7, 11) is 0. The first kappa shape index (κ1) is 19.6. The molecule has 0 bridgehead atoms. The third kappa shape index (κ3) is 6.58. The van der Waals surface area contributed by atoms with Gasteiger partial charge in [-0.25, -0.2) is 0 Å². The molecule has 0 radical (unpaired) electrons. The van der Waals surface area contributed by atoms with Crippen LogP contribution in [0.1, 0.15) is 30.9 Å². The van der Waals surface area contributed by atoms with E-state index in [4.69, 9.17) is 26.2 Å². The molecule has 0 amide bonds. The van der Waals surface area contributed by atoms with Crippen LogP contribution in [-0.2, 0) is 13.2 Å². The van der Waals surface area contributed by atoms with Crippen LogP contribution in [-0.4, -0.2) is 24.9 Å². The van der Waals surface area contributed by atoms with Crippen molar-refractivity contribution in [3.05, 3.63) is 58.6 Å². The monoisotopic (exact) mass is 363 g/mol. The number of aliphatic hydroxyl groups excluding tert-OH is 1. The van der Waals surface area contributed by atoms with Gasteiger partial charge in [0.15, 0.2) is 11.5 Å². The maximum Gasteiger partial charge on any atom is 0.163 e. The molecule has 2 aromatic carbocycles. The van der Waals surface area contributed by atoms with Crippen LogP contribution in [0, 0.1) is 0 Å². The lowest BCUT2D eigenvalue weighted by molar-refractivity contribution is 0.269. The molecule has 136 valence electrons. The zero-order valence-electron chi connectivity index (χ0n) is 14.6. The van der Waals surface area contributed by atoms with Crippen molar-refractivity contribution in [1.29, 1.82) is 0 Å². The Hall–Kier alpha value is -1.75. The van der Waals surface area contributed by atoms with E-state index in [0.717, 1.165) is 30.5 Å². The lowest BCUT2D eigenvalue weighted by Gasteiger charge is -2.15. The number of rotatable bonds is 11. The van der Waals surface area contributed by atoms with Crippen molar-refractivity contribution in [1.82, 2.24) is 5.32 Å². The Bertz CT molecular complexity index is 634. The Balaban J connectivity index is 2.02. The summed E-state index contributed by atoms with van der Waals surface area (Å²) in [4.78, 5) is 0. The maximum atomic E-state index is 8.81. The first-order valence-corrected chi connectivity index (χ1v) is 9.06. The summed E-state index contributed by atoms with van der Waals surface area (Å²) >= 11 is 6.41. The first-order chi connectivity index (χ1) is 12.2. The smallest absolute Gasteiger partial charge is 0.163 e. The number of ether oxygens (including phenoxy) is 2. The van der Waals surface area contributed by atoms with Crippen LogP contribution in [0.15, 0.2) is 42.5 Å². The van der Waals surface area contributed by atoms with E-state index in [1.807, 2.05) is 49.4 Å². The van der Waals surface area contributed by atoms with Crippen molar-refractivity contribution < 1.29 is 14.6 Å². The van der Waals surface area contributed by atoms with Gasteiger partial charge < -0.3 is 19.9 Å². The highest BCUT2D eigenvalue weighted by atomic mass is 35.5. The molecule has 2 aromatic rings. The van der Waals surface area contributed by atoms with E-state index in [9.17, 15) is 0 Å². The topological polar surface area (TPSA) is 50.7 Å². The van der Waals surface area contributed by atoms with Crippen molar-refractivity contribution in [2.24, 2.45) is 0 Å². The molecule has 0 aliphatic heterocycles. The van der Waals surface area contributed by atoms with Crippen LogP contribution < -0.4 is 14.8 Å². The van der Waals surface area contributed by atoms with Gasteiger partial charge >= 0.3 is 0 Å². The number of hydrogen-bond donors (Lipinski definition) is 2. The predicted molar refractivity (Wildman–Crippen MR) is 101 cm³/mol. The molecular formula is C20H26ClNO3. The molecule has 25 heavy (non-hydrogen) atoms. The Kier molecular flexibility index (Phi) is 8.60. The van der Waals surface area contributed by atoms with E-state index < -0.39 is 0 Å². The van der Waals surface area contributed by atoms with Gasteiger partial charge in [0.25, 0.3) is 0 Å². The molecule has 0 spiro atoms. The fraction of sp³-hybridized carbons (Fsp3) is 0.400. The molecule has 0 aliphatic rings. The second kappa shape index (κ2) is 11.0. The number of nitrogens with one attached hydrogen (secondary N) is 1. The lowest BCUT2D eigenvalue weighted by atomic mass is 10.2. The van der Waals surface area contributed by atoms with Crippen LogP contribution in [0.5, 0.6) is 11.5 Å². The average molecular weight is 364 g/mol. The zero-order chi connectivity index (χ0) is 17.9. The molecule has 0 fully saturated rings. The van der Waals surface area contributed by atoms with Crippen molar-refractivity contribution in [3.8, 4) is 11.5 Å². The summed E-state index contributed by atoms with van der Waals surface area (Å²) in [5.74, 6) is 1.36. The summed E-state index contributed by atoms with van der Waals surface area (Å²) < 4.78 is 11.6. The second-order valence-electron chi connectivity index (χ2n) is 5.71.